The summed E-state index contributed by atoms with van der Waals surface area (Å²) in [7, 11) is 0. The Hall–Kier alpha value is -2.04. The zero-order valence-corrected chi connectivity index (χ0v) is 13.1. The highest BCUT2D eigenvalue weighted by Gasteiger charge is 2.09. The number of nitrogens with one attached hydrogen (secondary N) is 1. The fourth-order valence-electron chi connectivity index (χ4n) is 2.26. The average molecular weight is 334 g/mol. The van der Waals surface area contributed by atoms with Crippen molar-refractivity contribution in [1.82, 2.24) is 9.55 Å². The third kappa shape index (κ3) is 3.24. The number of pyridine rings is 1. The van der Waals surface area contributed by atoms with Crippen LogP contribution in [0.15, 0.2) is 48.8 Å². The number of anilines is 1. The van der Waals surface area contributed by atoms with Gasteiger partial charge in [-0.3, -0.25) is 4.79 Å². The number of aryl methyl sites for hydroxylation is 1. The molecule has 2 aromatic heterocycles. The summed E-state index contributed by atoms with van der Waals surface area (Å²) < 4.78 is 2.05. The normalized spacial score (nSPS) is 10.8. The molecule has 0 radical (unpaired) electrons. The van der Waals surface area contributed by atoms with E-state index in [0.29, 0.717) is 28.8 Å². The Morgan fingerprint density at radius 3 is 2.86 bits per heavy atom. The summed E-state index contributed by atoms with van der Waals surface area (Å²) in [6.45, 7) is 0.588. The third-order valence-electron chi connectivity index (χ3n) is 3.33. The van der Waals surface area contributed by atoms with Gasteiger partial charge in [0.15, 0.2) is 5.82 Å². The molecule has 1 aromatic carbocycles. The van der Waals surface area contributed by atoms with Gasteiger partial charge in [0.1, 0.15) is 0 Å². The molecule has 0 unspecified atom stereocenters. The molecule has 2 heterocycles. The monoisotopic (exact) mass is 333 g/mol. The van der Waals surface area contributed by atoms with Gasteiger partial charge in [0.25, 0.3) is 0 Å². The first-order valence-electron chi connectivity index (χ1n) is 6.78. The van der Waals surface area contributed by atoms with Gasteiger partial charge in [0.2, 0.25) is 5.91 Å². The molecule has 0 aliphatic rings. The number of benzene rings is 1. The van der Waals surface area contributed by atoms with Crippen LogP contribution in [0.25, 0.3) is 10.9 Å². The number of hydrogen-bond donors (Lipinski definition) is 1. The lowest BCUT2D eigenvalue weighted by molar-refractivity contribution is -0.116. The maximum atomic E-state index is 12.0. The fraction of sp³-hybridized carbons (Fsp3) is 0.125. The summed E-state index contributed by atoms with van der Waals surface area (Å²) in [6.07, 6.45) is 3.76. The average Bonchev–Trinajstić information content (AvgIpc) is 2.91. The van der Waals surface area contributed by atoms with E-state index in [1.165, 1.54) is 6.20 Å². The van der Waals surface area contributed by atoms with Crippen LogP contribution in [-0.4, -0.2) is 15.5 Å². The van der Waals surface area contributed by atoms with Gasteiger partial charge >= 0.3 is 0 Å². The number of carbonyl (C=O) groups is 1. The Labute approximate surface area is 137 Å². The van der Waals surface area contributed by atoms with E-state index >= 15 is 0 Å². The largest absolute Gasteiger partial charge is 0.347 e. The molecule has 112 valence electrons. The first kappa shape index (κ1) is 14.9. The summed E-state index contributed by atoms with van der Waals surface area (Å²) in [5.74, 6) is 0.183. The molecule has 0 atom stereocenters. The maximum absolute atomic E-state index is 12.0. The smallest absolute Gasteiger partial charge is 0.227 e. The quantitative estimate of drug-likeness (QED) is 0.770. The minimum Gasteiger partial charge on any atom is -0.347 e. The second kappa shape index (κ2) is 6.38. The van der Waals surface area contributed by atoms with Crippen molar-refractivity contribution in [3.05, 3.63) is 58.8 Å². The van der Waals surface area contributed by atoms with E-state index in [4.69, 9.17) is 23.2 Å². The molecule has 0 aliphatic carbocycles. The van der Waals surface area contributed by atoms with Crippen LogP contribution in [0.3, 0.4) is 0 Å². The Bertz CT molecular complexity index is 829. The van der Waals surface area contributed by atoms with Gasteiger partial charge in [-0.1, -0.05) is 41.4 Å². The van der Waals surface area contributed by atoms with Crippen molar-refractivity contribution in [2.24, 2.45) is 0 Å². The number of rotatable bonds is 4. The van der Waals surface area contributed by atoms with Crippen molar-refractivity contribution in [3.63, 3.8) is 0 Å². The van der Waals surface area contributed by atoms with Crippen LogP contribution in [0.5, 0.6) is 0 Å². The van der Waals surface area contributed by atoms with Gasteiger partial charge < -0.3 is 9.88 Å². The van der Waals surface area contributed by atoms with E-state index in [2.05, 4.69) is 10.3 Å². The molecule has 1 N–H and O–H groups in total. The Morgan fingerprint density at radius 2 is 2.05 bits per heavy atom. The van der Waals surface area contributed by atoms with Gasteiger partial charge in [-0.15, -0.1) is 0 Å². The molecular weight excluding hydrogens is 321 g/mol. The number of halogens is 2. The highest BCUT2D eigenvalue weighted by molar-refractivity contribution is 6.36. The fourth-order valence-corrected chi connectivity index (χ4v) is 2.69. The summed E-state index contributed by atoms with van der Waals surface area (Å²) in [4.78, 5) is 16.0. The van der Waals surface area contributed by atoms with E-state index in [1.807, 2.05) is 41.1 Å². The molecule has 22 heavy (non-hydrogen) atoms. The summed E-state index contributed by atoms with van der Waals surface area (Å²) in [5.41, 5.74) is 1.11. The Balaban J connectivity index is 1.65. The molecule has 6 heteroatoms. The molecule has 3 aromatic rings. The predicted molar refractivity (Wildman–Crippen MR) is 89.4 cm³/mol. The Kier molecular flexibility index (Phi) is 4.32. The molecule has 0 spiro atoms. The number of para-hydroxylation sites is 1. The number of aromatic nitrogens is 2. The SMILES string of the molecule is O=C(CCn1ccc2ccccc21)Nc1ncc(Cl)cc1Cl. The van der Waals surface area contributed by atoms with Gasteiger partial charge in [0.05, 0.1) is 10.0 Å². The second-order valence-corrected chi connectivity index (χ2v) is 5.69. The summed E-state index contributed by atoms with van der Waals surface area (Å²) in [6, 6.07) is 11.6. The first-order valence-corrected chi connectivity index (χ1v) is 7.54. The van der Waals surface area contributed by atoms with Crippen LogP contribution in [0.4, 0.5) is 5.82 Å². The van der Waals surface area contributed by atoms with Crippen LogP contribution in [0, 0.1) is 0 Å². The Morgan fingerprint density at radius 1 is 1.23 bits per heavy atom. The van der Waals surface area contributed by atoms with Crippen molar-refractivity contribution >= 4 is 45.8 Å². The van der Waals surface area contributed by atoms with Gasteiger partial charge in [-0.05, 0) is 23.6 Å². The lowest BCUT2D eigenvalue weighted by Crippen LogP contribution is -2.15. The topological polar surface area (TPSA) is 46.9 Å². The lowest BCUT2D eigenvalue weighted by Gasteiger charge is -2.08. The molecule has 1 amide bonds. The molecule has 0 fully saturated rings. The van der Waals surface area contributed by atoms with Crippen molar-refractivity contribution in [2.75, 3.05) is 5.32 Å². The number of carbonyl (C=O) groups excluding carboxylic acids is 1. The molecular formula is C16H13Cl2N3O. The molecule has 4 nitrogen and oxygen atoms in total. The van der Waals surface area contributed by atoms with Gasteiger partial charge in [-0.2, -0.15) is 0 Å². The zero-order chi connectivity index (χ0) is 15.5. The lowest BCUT2D eigenvalue weighted by atomic mass is 10.2. The minimum absolute atomic E-state index is 0.144. The number of fused-ring (bicyclic) bond motifs is 1. The van der Waals surface area contributed by atoms with Crippen molar-refractivity contribution in [1.29, 1.82) is 0 Å². The first-order chi connectivity index (χ1) is 10.6. The highest BCUT2D eigenvalue weighted by Crippen LogP contribution is 2.22. The number of amides is 1. The van der Waals surface area contributed by atoms with Gasteiger partial charge in [0, 0.05) is 30.9 Å². The minimum atomic E-state index is -0.144. The van der Waals surface area contributed by atoms with Crippen LogP contribution in [0.1, 0.15) is 6.42 Å². The maximum Gasteiger partial charge on any atom is 0.227 e. The van der Waals surface area contributed by atoms with Crippen molar-refractivity contribution in [2.45, 2.75) is 13.0 Å². The van der Waals surface area contributed by atoms with Crippen LogP contribution in [-0.2, 0) is 11.3 Å². The van der Waals surface area contributed by atoms with Crippen LogP contribution < -0.4 is 5.32 Å². The predicted octanol–water partition coefficient (Wildman–Crippen LogP) is 4.37. The van der Waals surface area contributed by atoms with E-state index in [-0.39, 0.29) is 5.91 Å². The van der Waals surface area contributed by atoms with E-state index < -0.39 is 0 Å². The molecule has 0 aliphatic heterocycles. The highest BCUT2D eigenvalue weighted by atomic mass is 35.5. The van der Waals surface area contributed by atoms with Gasteiger partial charge in [-0.25, -0.2) is 4.98 Å². The summed E-state index contributed by atoms with van der Waals surface area (Å²) >= 11 is 11.8. The van der Waals surface area contributed by atoms with Crippen LogP contribution >= 0.6 is 23.2 Å². The third-order valence-corrected chi connectivity index (χ3v) is 3.82. The standard InChI is InChI=1S/C16H13Cl2N3O/c17-12-9-13(18)16(19-10-12)20-15(22)6-8-21-7-5-11-3-1-2-4-14(11)21/h1-5,7,9-10H,6,8H2,(H,19,20,22). The molecule has 0 saturated carbocycles. The summed E-state index contributed by atoms with van der Waals surface area (Å²) in [5, 5.41) is 4.61. The molecule has 0 bridgehead atoms. The number of hydrogen-bond acceptors (Lipinski definition) is 2. The molecule has 0 saturated heterocycles. The van der Waals surface area contributed by atoms with E-state index in [0.717, 1.165) is 10.9 Å². The number of nitrogens with zero attached hydrogens (tertiary/aromatic N) is 2. The van der Waals surface area contributed by atoms with Crippen molar-refractivity contribution < 1.29 is 4.79 Å². The molecule has 3 rings (SSSR count). The second-order valence-electron chi connectivity index (χ2n) is 4.85. The van der Waals surface area contributed by atoms with Crippen LogP contribution in [0.2, 0.25) is 10.0 Å². The van der Waals surface area contributed by atoms with E-state index in [9.17, 15) is 4.79 Å². The van der Waals surface area contributed by atoms with Crippen molar-refractivity contribution in [3.8, 4) is 0 Å². The van der Waals surface area contributed by atoms with E-state index in [1.54, 1.807) is 6.07 Å². The zero-order valence-electron chi connectivity index (χ0n) is 11.6.